The number of rotatable bonds is 13. The molecule has 0 aromatic rings. The summed E-state index contributed by atoms with van der Waals surface area (Å²) in [4.78, 5) is 11.4. The van der Waals surface area contributed by atoms with Gasteiger partial charge in [0.1, 0.15) is 0 Å². The number of allylic oxidation sites excluding steroid dienone is 7. The standard InChI is InChI=1S/C21H34NO4PS/c1-16(2)8-6-9-17(3)10-7-11-18(4)12-13-19(23)27(26)21(22,20(24)25)14-15-28-5/h8,10,12-13H,6-7,9,11,14-15,22H2,1-5H3,(H-,23,24,25)/p+1/b17-10+,18-12+,19-13+. The minimum absolute atomic E-state index is 0.0239. The molecule has 0 saturated heterocycles. The maximum absolute atomic E-state index is 12.4. The van der Waals surface area contributed by atoms with E-state index in [9.17, 15) is 19.6 Å². The topological polar surface area (TPSA) is 101 Å². The summed E-state index contributed by atoms with van der Waals surface area (Å²) in [5.41, 5.74) is 9.02. The molecule has 0 aliphatic carbocycles. The van der Waals surface area contributed by atoms with Crippen LogP contribution in [0, 0.1) is 0 Å². The monoisotopic (exact) mass is 428 g/mol. The lowest BCUT2D eigenvalue weighted by Gasteiger charge is -2.12. The number of hydrogen-bond acceptors (Lipinski definition) is 5. The Morgan fingerprint density at radius 2 is 1.61 bits per heavy atom. The van der Waals surface area contributed by atoms with Gasteiger partial charge in [0.25, 0.3) is 0 Å². The van der Waals surface area contributed by atoms with E-state index in [1.54, 1.807) is 6.08 Å². The number of thioether (sulfide) groups is 1. The number of carbonyl (C=O) groups is 1. The SMILES string of the molecule is CSCCC(N)(C(=O)O)[P+](=O)/C(O)=C/C=C(\C)CC/C=C(\C)CCC=C(C)C. The molecule has 0 spiro atoms. The quantitative estimate of drug-likeness (QED) is 0.141. The van der Waals surface area contributed by atoms with Gasteiger partial charge >= 0.3 is 24.6 Å². The van der Waals surface area contributed by atoms with Crippen molar-refractivity contribution in [1.82, 2.24) is 0 Å². The van der Waals surface area contributed by atoms with Gasteiger partial charge in [-0.2, -0.15) is 11.8 Å². The number of aliphatic carboxylic acids is 1. The summed E-state index contributed by atoms with van der Waals surface area (Å²) in [6, 6.07) is 0. The third-order valence-corrected chi connectivity index (χ3v) is 6.59. The lowest BCUT2D eigenvalue weighted by molar-refractivity contribution is -0.140. The van der Waals surface area contributed by atoms with E-state index in [0.717, 1.165) is 31.3 Å². The second kappa shape index (κ2) is 13.8. The predicted octanol–water partition coefficient (Wildman–Crippen LogP) is 6.13. The number of aliphatic hydroxyl groups is 1. The molecule has 0 bridgehead atoms. The zero-order valence-electron chi connectivity index (χ0n) is 17.7. The molecule has 0 amide bonds. The minimum atomic E-state index is -2.63. The summed E-state index contributed by atoms with van der Waals surface area (Å²) in [7, 11) is -2.63. The van der Waals surface area contributed by atoms with Crippen LogP contribution in [-0.4, -0.2) is 33.5 Å². The highest BCUT2D eigenvalue weighted by molar-refractivity contribution is 7.98. The highest BCUT2D eigenvalue weighted by Gasteiger charge is 2.55. The van der Waals surface area contributed by atoms with Gasteiger partial charge in [-0.25, -0.2) is 4.79 Å². The Kier molecular flexibility index (Phi) is 13.1. The van der Waals surface area contributed by atoms with Crippen LogP contribution in [0.15, 0.2) is 46.5 Å². The van der Waals surface area contributed by atoms with Crippen molar-refractivity contribution in [2.24, 2.45) is 5.73 Å². The number of aliphatic hydroxyl groups excluding tert-OH is 1. The van der Waals surface area contributed by atoms with Crippen LogP contribution >= 0.6 is 19.6 Å². The van der Waals surface area contributed by atoms with Crippen LogP contribution in [0.25, 0.3) is 0 Å². The molecule has 158 valence electrons. The first-order chi connectivity index (χ1) is 13.0. The zero-order valence-corrected chi connectivity index (χ0v) is 19.4. The van der Waals surface area contributed by atoms with E-state index in [1.807, 2.05) is 13.2 Å². The summed E-state index contributed by atoms with van der Waals surface area (Å²) in [6.45, 7) is 8.23. The van der Waals surface area contributed by atoms with Crippen LogP contribution in [-0.2, 0) is 9.36 Å². The average Bonchev–Trinajstić information content (AvgIpc) is 2.62. The van der Waals surface area contributed by atoms with Crippen molar-refractivity contribution in [1.29, 1.82) is 0 Å². The van der Waals surface area contributed by atoms with E-state index in [1.165, 1.54) is 29.0 Å². The van der Waals surface area contributed by atoms with Gasteiger partial charge < -0.3 is 10.2 Å². The normalized spacial score (nSPS) is 15.8. The Morgan fingerprint density at radius 3 is 2.14 bits per heavy atom. The largest absolute Gasteiger partial charge is 0.477 e. The molecule has 0 aliphatic rings. The van der Waals surface area contributed by atoms with Crippen molar-refractivity contribution >= 4 is 25.5 Å². The van der Waals surface area contributed by atoms with Crippen LogP contribution in [0.2, 0.25) is 0 Å². The highest BCUT2D eigenvalue weighted by atomic mass is 32.2. The minimum Gasteiger partial charge on any atom is -0.477 e. The maximum atomic E-state index is 12.4. The predicted molar refractivity (Wildman–Crippen MR) is 121 cm³/mol. The molecule has 28 heavy (non-hydrogen) atoms. The second-order valence-corrected chi connectivity index (χ2v) is 10.0. The van der Waals surface area contributed by atoms with Crippen molar-refractivity contribution in [2.75, 3.05) is 12.0 Å². The van der Waals surface area contributed by atoms with Crippen molar-refractivity contribution in [3.05, 3.63) is 46.5 Å². The molecule has 4 N–H and O–H groups in total. The molecular weight excluding hydrogens is 393 g/mol. The molecule has 0 saturated carbocycles. The molecular formula is C21H35NO4PS+. The van der Waals surface area contributed by atoms with E-state index >= 15 is 0 Å². The average molecular weight is 429 g/mol. The molecule has 5 nitrogen and oxygen atoms in total. The number of carboxylic acid groups (broad SMARTS) is 1. The lowest BCUT2D eigenvalue weighted by Crippen LogP contribution is -2.45. The Morgan fingerprint density at radius 1 is 1.04 bits per heavy atom. The van der Waals surface area contributed by atoms with E-state index < -0.39 is 24.6 Å². The Labute approximate surface area is 174 Å². The van der Waals surface area contributed by atoms with Gasteiger partial charge in [0.15, 0.2) is 0 Å². The molecule has 0 heterocycles. The van der Waals surface area contributed by atoms with Gasteiger partial charge in [0, 0.05) is 12.5 Å². The van der Waals surface area contributed by atoms with Crippen LogP contribution in [0.1, 0.15) is 59.8 Å². The number of nitrogens with two attached hydrogens (primary N) is 1. The van der Waals surface area contributed by atoms with E-state index in [-0.39, 0.29) is 6.42 Å². The van der Waals surface area contributed by atoms with Crippen molar-refractivity contribution < 1.29 is 19.6 Å². The summed E-state index contributed by atoms with van der Waals surface area (Å²) < 4.78 is 12.4. The third-order valence-electron chi connectivity index (χ3n) is 4.27. The fourth-order valence-electron chi connectivity index (χ4n) is 2.36. The Hall–Kier alpha value is -1.36. The number of carboxylic acids is 1. The van der Waals surface area contributed by atoms with E-state index in [4.69, 9.17) is 5.73 Å². The van der Waals surface area contributed by atoms with Crippen LogP contribution in [0.3, 0.4) is 0 Å². The molecule has 0 aromatic carbocycles. The van der Waals surface area contributed by atoms with Gasteiger partial charge in [-0.05, 0) is 65.4 Å². The number of hydrogen-bond donors (Lipinski definition) is 3. The van der Waals surface area contributed by atoms with Crippen molar-refractivity contribution in [2.45, 2.75) is 65.1 Å². The Balaban J connectivity index is 4.84. The molecule has 2 unspecified atom stereocenters. The van der Waals surface area contributed by atoms with Gasteiger partial charge in [-0.15, -0.1) is 0 Å². The molecule has 0 fully saturated rings. The molecule has 0 aliphatic heterocycles. The van der Waals surface area contributed by atoms with Crippen LogP contribution < -0.4 is 5.73 Å². The van der Waals surface area contributed by atoms with Gasteiger partial charge in [0.05, 0.1) is 0 Å². The first-order valence-corrected chi connectivity index (χ1v) is 12.0. The third kappa shape index (κ3) is 10.3. The van der Waals surface area contributed by atoms with Gasteiger partial charge in [-0.3, -0.25) is 5.73 Å². The summed E-state index contributed by atoms with van der Waals surface area (Å²) >= 11 is 1.42. The first-order valence-electron chi connectivity index (χ1n) is 9.38. The van der Waals surface area contributed by atoms with E-state index in [2.05, 4.69) is 32.9 Å². The first kappa shape index (κ1) is 26.6. The highest BCUT2D eigenvalue weighted by Crippen LogP contribution is 2.44. The van der Waals surface area contributed by atoms with Gasteiger partial charge in [-0.1, -0.05) is 39.5 Å². The smallest absolute Gasteiger partial charge is 0.448 e. The fourth-order valence-corrected chi connectivity index (χ4v) is 4.15. The summed E-state index contributed by atoms with van der Waals surface area (Å²) in [6.07, 6.45) is 13.0. The maximum Gasteiger partial charge on any atom is 0.448 e. The molecule has 0 radical (unpaired) electrons. The van der Waals surface area contributed by atoms with Gasteiger partial charge in [0.2, 0.25) is 0 Å². The lowest BCUT2D eigenvalue weighted by atomic mass is 10.1. The molecule has 0 aromatic heterocycles. The summed E-state index contributed by atoms with van der Waals surface area (Å²) in [5.74, 6) is -0.914. The Bertz CT molecular complexity index is 663. The summed E-state index contributed by atoms with van der Waals surface area (Å²) in [5, 5.41) is 17.5. The van der Waals surface area contributed by atoms with Crippen molar-refractivity contribution in [3.63, 3.8) is 0 Å². The molecule has 0 rings (SSSR count). The van der Waals surface area contributed by atoms with Crippen LogP contribution in [0.4, 0.5) is 0 Å². The van der Waals surface area contributed by atoms with Crippen molar-refractivity contribution in [3.8, 4) is 0 Å². The fraction of sp³-hybridized carbons (Fsp3) is 0.571. The molecule has 7 heteroatoms. The zero-order chi connectivity index (χ0) is 21.7. The van der Waals surface area contributed by atoms with Crippen LogP contribution in [0.5, 0.6) is 0 Å². The molecule has 2 atom stereocenters. The second-order valence-electron chi connectivity index (χ2n) is 7.21. The van der Waals surface area contributed by atoms with E-state index in [0.29, 0.717) is 5.75 Å².